The number of primary amides is 1. The van der Waals surface area contributed by atoms with Crippen LogP contribution in [0.15, 0.2) is 18.2 Å². The average Bonchev–Trinajstić information content (AvgIpc) is 2.54. The molecule has 1 unspecified atom stereocenters. The number of nitrogens with one attached hydrogen (secondary N) is 1. The summed E-state index contributed by atoms with van der Waals surface area (Å²) in [6.07, 6.45) is 0.287. The molecule has 90 valence electrons. The zero-order chi connectivity index (χ0) is 12.6. The van der Waals surface area contributed by atoms with E-state index >= 15 is 0 Å². The van der Waals surface area contributed by atoms with E-state index in [1.54, 1.807) is 0 Å². The Balaban J connectivity index is 2.64. The molecule has 0 saturated carbocycles. The number of nitrogens with two attached hydrogens (primary N) is 1. The minimum Gasteiger partial charge on any atom is -0.370 e. The Hall–Kier alpha value is -1.62. The lowest BCUT2D eigenvalue weighted by molar-refractivity contribution is -0.118. The summed E-state index contributed by atoms with van der Waals surface area (Å²) < 4.78 is 2.59. The first kappa shape index (κ1) is 11.9. The maximum atomic E-state index is 11.0. The molecule has 0 fully saturated rings. The highest BCUT2D eigenvalue weighted by atomic mass is 32.1. The van der Waals surface area contributed by atoms with Crippen molar-refractivity contribution in [2.75, 3.05) is 0 Å². The maximum Gasteiger partial charge on any atom is 0.219 e. The van der Waals surface area contributed by atoms with Crippen LogP contribution in [-0.4, -0.2) is 15.5 Å². The van der Waals surface area contributed by atoms with Crippen LogP contribution in [0.3, 0.4) is 0 Å². The van der Waals surface area contributed by atoms with Crippen molar-refractivity contribution in [2.24, 2.45) is 5.73 Å². The highest BCUT2D eigenvalue weighted by molar-refractivity contribution is 7.71. The van der Waals surface area contributed by atoms with E-state index in [1.807, 2.05) is 36.6 Å². The molecule has 1 amide bonds. The van der Waals surface area contributed by atoms with E-state index in [1.165, 1.54) is 0 Å². The number of aromatic nitrogens is 2. The molecule has 0 saturated heterocycles. The van der Waals surface area contributed by atoms with Gasteiger partial charge < -0.3 is 15.3 Å². The lowest BCUT2D eigenvalue weighted by Gasteiger charge is -2.13. The van der Waals surface area contributed by atoms with Crippen LogP contribution in [0.25, 0.3) is 11.0 Å². The van der Waals surface area contributed by atoms with Crippen molar-refractivity contribution < 1.29 is 4.79 Å². The van der Waals surface area contributed by atoms with Gasteiger partial charge in [0.2, 0.25) is 5.91 Å². The Morgan fingerprint density at radius 2 is 2.29 bits per heavy atom. The van der Waals surface area contributed by atoms with Crippen molar-refractivity contribution in [3.05, 3.63) is 28.5 Å². The molecule has 0 bridgehead atoms. The van der Waals surface area contributed by atoms with Gasteiger partial charge in [0.15, 0.2) is 4.77 Å². The lowest BCUT2D eigenvalue weighted by Crippen LogP contribution is -2.17. The van der Waals surface area contributed by atoms with Gasteiger partial charge in [-0.3, -0.25) is 4.79 Å². The zero-order valence-electron chi connectivity index (χ0n) is 9.86. The van der Waals surface area contributed by atoms with E-state index < -0.39 is 0 Å². The van der Waals surface area contributed by atoms with Gasteiger partial charge in [-0.1, -0.05) is 12.1 Å². The Morgan fingerprint density at radius 1 is 1.59 bits per heavy atom. The zero-order valence-corrected chi connectivity index (χ0v) is 10.7. The van der Waals surface area contributed by atoms with Crippen molar-refractivity contribution in [3.8, 4) is 0 Å². The van der Waals surface area contributed by atoms with E-state index in [2.05, 4.69) is 4.98 Å². The SMILES string of the molecule is Cc1cccc2[nH]c(=S)n(C(C)CC(N)=O)c12. The maximum absolute atomic E-state index is 11.0. The molecule has 2 aromatic rings. The third-order valence-electron chi connectivity index (χ3n) is 2.88. The number of para-hydroxylation sites is 1. The van der Waals surface area contributed by atoms with Crippen LogP contribution in [0.1, 0.15) is 24.9 Å². The van der Waals surface area contributed by atoms with Crippen LogP contribution in [0, 0.1) is 11.7 Å². The molecule has 0 aliphatic carbocycles. The number of hydrogen-bond acceptors (Lipinski definition) is 2. The van der Waals surface area contributed by atoms with Crippen molar-refractivity contribution in [2.45, 2.75) is 26.3 Å². The average molecular weight is 249 g/mol. The topological polar surface area (TPSA) is 63.8 Å². The van der Waals surface area contributed by atoms with Crippen LogP contribution >= 0.6 is 12.2 Å². The van der Waals surface area contributed by atoms with Crippen LogP contribution in [0.5, 0.6) is 0 Å². The first-order chi connectivity index (χ1) is 8.00. The van der Waals surface area contributed by atoms with E-state index in [0.29, 0.717) is 4.77 Å². The van der Waals surface area contributed by atoms with Crippen LogP contribution in [0.4, 0.5) is 0 Å². The van der Waals surface area contributed by atoms with Gasteiger partial charge in [0, 0.05) is 12.5 Å². The third kappa shape index (κ3) is 2.10. The van der Waals surface area contributed by atoms with Gasteiger partial charge in [0.1, 0.15) is 0 Å². The summed E-state index contributed by atoms with van der Waals surface area (Å²) in [6.45, 7) is 3.97. The minimum atomic E-state index is -0.317. The summed E-state index contributed by atoms with van der Waals surface area (Å²) in [4.78, 5) is 14.1. The number of imidazole rings is 1. The quantitative estimate of drug-likeness (QED) is 0.821. The third-order valence-corrected chi connectivity index (χ3v) is 3.18. The summed E-state index contributed by atoms with van der Waals surface area (Å²) >= 11 is 5.30. The molecule has 2 rings (SSSR count). The number of rotatable bonds is 3. The standard InChI is InChI=1S/C12H15N3OS/c1-7-4-3-5-9-11(7)15(12(17)14-9)8(2)6-10(13)16/h3-5,8H,6H2,1-2H3,(H2,13,16)(H,14,17). The van der Waals surface area contributed by atoms with Crippen molar-refractivity contribution in [1.82, 2.24) is 9.55 Å². The number of carbonyl (C=O) groups excluding carboxylic acids is 1. The molecular formula is C12H15N3OS. The summed E-state index contributed by atoms with van der Waals surface area (Å²) in [6, 6.07) is 5.95. The summed E-state index contributed by atoms with van der Waals surface area (Å²) in [7, 11) is 0. The number of amides is 1. The predicted molar refractivity (Wildman–Crippen MR) is 70.4 cm³/mol. The number of fused-ring (bicyclic) bond motifs is 1. The van der Waals surface area contributed by atoms with Crippen LogP contribution in [-0.2, 0) is 4.79 Å². The van der Waals surface area contributed by atoms with Gasteiger partial charge in [0.25, 0.3) is 0 Å². The Bertz CT molecular complexity index is 626. The number of benzene rings is 1. The normalized spacial score (nSPS) is 12.8. The molecule has 1 heterocycles. The van der Waals surface area contributed by atoms with Crippen molar-refractivity contribution >= 4 is 29.2 Å². The monoisotopic (exact) mass is 249 g/mol. The van der Waals surface area contributed by atoms with Gasteiger partial charge in [-0.15, -0.1) is 0 Å². The first-order valence-corrected chi connectivity index (χ1v) is 5.89. The lowest BCUT2D eigenvalue weighted by atomic mass is 10.1. The molecule has 4 nitrogen and oxygen atoms in total. The molecule has 1 aromatic heterocycles. The van der Waals surface area contributed by atoms with Gasteiger partial charge in [-0.25, -0.2) is 0 Å². The fourth-order valence-corrected chi connectivity index (χ4v) is 2.54. The summed E-state index contributed by atoms with van der Waals surface area (Å²) in [5.74, 6) is -0.317. The van der Waals surface area contributed by atoms with Crippen molar-refractivity contribution in [3.63, 3.8) is 0 Å². The number of carbonyl (C=O) groups is 1. The molecule has 0 aliphatic rings. The second-order valence-electron chi connectivity index (χ2n) is 4.29. The second-order valence-corrected chi connectivity index (χ2v) is 4.68. The Labute approximate surface area is 104 Å². The van der Waals surface area contributed by atoms with Gasteiger partial charge in [-0.2, -0.15) is 0 Å². The minimum absolute atomic E-state index is 0.0325. The summed E-state index contributed by atoms with van der Waals surface area (Å²) in [5, 5.41) is 0. The van der Waals surface area contributed by atoms with Gasteiger partial charge in [0.05, 0.1) is 11.0 Å². The van der Waals surface area contributed by atoms with E-state index in [-0.39, 0.29) is 18.4 Å². The molecule has 1 atom stereocenters. The molecule has 0 aliphatic heterocycles. The number of nitrogens with zero attached hydrogens (tertiary/aromatic N) is 1. The molecule has 0 spiro atoms. The number of H-pyrrole nitrogens is 1. The van der Waals surface area contributed by atoms with E-state index in [4.69, 9.17) is 18.0 Å². The van der Waals surface area contributed by atoms with Crippen molar-refractivity contribution in [1.29, 1.82) is 0 Å². The number of aromatic amines is 1. The number of aryl methyl sites for hydroxylation is 1. The smallest absolute Gasteiger partial charge is 0.219 e. The van der Waals surface area contributed by atoms with Crippen LogP contribution < -0.4 is 5.73 Å². The molecule has 17 heavy (non-hydrogen) atoms. The summed E-state index contributed by atoms with van der Waals surface area (Å²) in [5.41, 5.74) is 8.41. The highest BCUT2D eigenvalue weighted by Gasteiger charge is 2.14. The van der Waals surface area contributed by atoms with E-state index in [0.717, 1.165) is 16.6 Å². The molecular weight excluding hydrogens is 234 g/mol. The highest BCUT2D eigenvalue weighted by Crippen LogP contribution is 2.23. The van der Waals surface area contributed by atoms with Gasteiger partial charge in [-0.05, 0) is 37.7 Å². The van der Waals surface area contributed by atoms with E-state index in [9.17, 15) is 4.79 Å². The largest absolute Gasteiger partial charge is 0.370 e. The Morgan fingerprint density at radius 3 is 2.94 bits per heavy atom. The first-order valence-electron chi connectivity index (χ1n) is 5.49. The number of hydrogen-bond donors (Lipinski definition) is 2. The predicted octanol–water partition coefficient (Wildman–Crippen LogP) is 2.44. The van der Waals surface area contributed by atoms with Gasteiger partial charge >= 0.3 is 0 Å². The Kier molecular flexibility index (Phi) is 3.02. The fraction of sp³-hybridized carbons (Fsp3) is 0.333. The molecule has 1 aromatic carbocycles. The molecule has 3 N–H and O–H groups in total. The van der Waals surface area contributed by atoms with Crippen LogP contribution in [0.2, 0.25) is 0 Å². The molecule has 5 heteroatoms. The second kappa shape index (κ2) is 4.33. The fourth-order valence-electron chi connectivity index (χ4n) is 2.16. The molecule has 0 radical (unpaired) electrons.